The molecule has 0 spiro atoms. The molecular weight excluding hydrogens is 254 g/mol. The Kier molecular flexibility index (Phi) is 5.01. The number of nitrogens with one attached hydrogen (secondary N) is 2. The Balaban J connectivity index is 2.07. The van der Waals surface area contributed by atoms with Crippen molar-refractivity contribution >= 4 is 17.4 Å². The monoisotopic (exact) mass is 275 g/mol. The van der Waals surface area contributed by atoms with Crippen LogP contribution in [0.1, 0.15) is 13.8 Å². The van der Waals surface area contributed by atoms with Gasteiger partial charge in [0.2, 0.25) is 0 Å². The van der Waals surface area contributed by atoms with Gasteiger partial charge in [0, 0.05) is 19.3 Å². The van der Waals surface area contributed by atoms with Crippen LogP contribution in [-0.2, 0) is 4.74 Å². The largest absolute Gasteiger partial charge is 0.378 e. The number of nitrogens with zero attached hydrogens (tertiary/aromatic N) is 1. The number of hydrogen-bond acceptors (Lipinski definition) is 3. The van der Waals surface area contributed by atoms with Crippen LogP contribution in [0.4, 0.5) is 16.2 Å². The fourth-order valence-electron chi connectivity index (χ4n) is 2.03. The third-order valence-corrected chi connectivity index (χ3v) is 3.00. The zero-order valence-corrected chi connectivity index (χ0v) is 12.0. The van der Waals surface area contributed by atoms with E-state index in [1.807, 2.05) is 38.1 Å². The number of ether oxygens (including phenoxy) is 1. The van der Waals surface area contributed by atoms with E-state index in [1.54, 1.807) is 6.20 Å². The molecule has 1 aliphatic heterocycles. The zero-order valence-electron chi connectivity index (χ0n) is 12.0. The fraction of sp³-hybridized carbons (Fsp3) is 0.400. The SMILES string of the molecule is CC(C)=CNC(=O)Nc1ccccc1N1CCOCC1. The zero-order chi connectivity index (χ0) is 14.4. The van der Waals surface area contributed by atoms with Crippen molar-refractivity contribution in [3.05, 3.63) is 36.0 Å². The number of carbonyl (C=O) groups excluding carboxylic acids is 1. The highest BCUT2D eigenvalue weighted by Crippen LogP contribution is 2.26. The van der Waals surface area contributed by atoms with E-state index in [1.165, 1.54) is 0 Å². The van der Waals surface area contributed by atoms with Crippen molar-refractivity contribution in [2.24, 2.45) is 0 Å². The number of carbonyl (C=O) groups is 1. The van der Waals surface area contributed by atoms with Gasteiger partial charge in [-0.3, -0.25) is 0 Å². The summed E-state index contributed by atoms with van der Waals surface area (Å²) in [5.74, 6) is 0. The van der Waals surface area contributed by atoms with E-state index in [0.717, 1.165) is 43.3 Å². The van der Waals surface area contributed by atoms with Crippen LogP contribution < -0.4 is 15.5 Å². The number of amides is 2. The van der Waals surface area contributed by atoms with Gasteiger partial charge in [-0.2, -0.15) is 0 Å². The van der Waals surface area contributed by atoms with Gasteiger partial charge < -0.3 is 20.3 Å². The normalized spacial score (nSPS) is 14.6. The summed E-state index contributed by atoms with van der Waals surface area (Å²) in [5, 5.41) is 5.59. The maximum Gasteiger partial charge on any atom is 0.323 e. The summed E-state index contributed by atoms with van der Waals surface area (Å²) >= 11 is 0. The van der Waals surface area contributed by atoms with Crippen LogP contribution in [0.3, 0.4) is 0 Å². The Hall–Kier alpha value is -2.01. The van der Waals surface area contributed by atoms with Crippen LogP contribution in [0, 0.1) is 0 Å². The molecule has 0 unspecified atom stereocenters. The van der Waals surface area contributed by atoms with E-state index in [2.05, 4.69) is 15.5 Å². The number of para-hydroxylation sites is 2. The lowest BCUT2D eigenvalue weighted by atomic mass is 10.2. The summed E-state index contributed by atoms with van der Waals surface area (Å²) in [4.78, 5) is 14.1. The molecule has 0 bridgehead atoms. The highest BCUT2D eigenvalue weighted by atomic mass is 16.5. The number of anilines is 2. The smallest absolute Gasteiger partial charge is 0.323 e. The summed E-state index contributed by atoms with van der Waals surface area (Å²) in [5.41, 5.74) is 2.89. The van der Waals surface area contributed by atoms with Gasteiger partial charge in [0.25, 0.3) is 0 Å². The summed E-state index contributed by atoms with van der Waals surface area (Å²) < 4.78 is 5.36. The van der Waals surface area contributed by atoms with Gasteiger partial charge in [0.05, 0.1) is 24.6 Å². The second-order valence-electron chi connectivity index (χ2n) is 4.94. The van der Waals surface area contributed by atoms with Crippen LogP contribution in [0.15, 0.2) is 36.0 Å². The maximum absolute atomic E-state index is 11.8. The lowest BCUT2D eigenvalue weighted by Crippen LogP contribution is -2.37. The van der Waals surface area contributed by atoms with Crippen LogP contribution in [0.25, 0.3) is 0 Å². The molecule has 0 atom stereocenters. The Labute approximate surface area is 119 Å². The molecule has 2 N–H and O–H groups in total. The molecule has 1 fully saturated rings. The van der Waals surface area contributed by atoms with E-state index in [9.17, 15) is 4.79 Å². The summed E-state index contributed by atoms with van der Waals surface area (Å²) in [7, 11) is 0. The van der Waals surface area contributed by atoms with Crippen molar-refractivity contribution in [3.8, 4) is 0 Å². The molecule has 108 valence electrons. The molecule has 0 aliphatic carbocycles. The van der Waals surface area contributed by atoms with E-state index in [0.29, 0.717) is 0 Å². The number of rotatable bonds is 3. The first-order valence-electron chi connectivity index (χ1n) is 6.79. The van der Waals surface area contributed by atoms with Crippen molar-refractivity contribution in [1.29, 1.82) is 0 Å². The van der Waals surface area contributed by atoms with Crippen molar-refractivity contribution in [2.75, 3.05) is 36.5 Å². The van der Waals surface area contributed by atoms with Gasteiger partial charge in [-0.05, 0) is 26.0 Å². The minimum absolute atomic E-state index is 0.230. The standard InChI is InChI=1S/C15H21N3O2/c1-12(2)11-16-15(19)17-13-5-3-4-6-14(13)18-7-9-20-10-8-18/h3-6,11H,7-10H2,1-2H3,(H2,16,17,19). The molecule has 5 nitrogen and oxygen atoms in total. The number of morpholine rings is 1. The van der Waals surface area contributed by atoms with Gasteiger partial charge in [-0.1, -0.05) is 17.7 Å². The molecule has 0 radical (unpaired) electrons. The van der Waals surface area contributed by atoms with Crippen LogP contribution in [0.2, 0.25) is 0 Å². The Morgan fingerprint density at radius 1 is 1.25 bits per heavy atom. The number of benzene rings is 1. The molecule has 1 saturated heterocycles. The summed E-state index contributed by atoms with van der Waals surface area (Å²) in [6.45, 7) is 6.99. The highest BCUT2D eigenvalue weighted by molar-refractivity contribution is 5.93. The number of allylic oxidation sites excluding steroid dienone is 1. The second kappa shape index (κ2) is 6.96. The van der Waals surface area contributed by atoms with Crippen LogP contribution >= 0.6 is 0 Å². The van der Waals surface area contributed by atoms with Gasteiger partial charge in [-0.25, -0.2) is 4.79 Å². The predicted octanol–water partition coefficient (Wildman–Crippen LogP) is 2.57. The summed E-state index contributed by atoms with van der Waals surface area (Å²) in [6, 6.07) is 7.59. The molecule has 1 heterocycles. The molecular formula is C15H21N3O2. The number of hydrogen-bond donors (Lipinski definition) is 2. The van der Waals surface area contributed by atoms with E-state index < -0.39 is 0 Å². The van der Waals surface area contributed by atoms with Crippen LogP contribution in [-0.4, -0.2) is 32.3 Å². The van der Waals surface area contributed by atoms with E-state index in [-0.39, 0.29) is 6.03 Å². The minimum atomic E-state index is -0.230. The molecule has 1 aliphatic rings. The second-order valence-corrected chi connectivity index (χ2v) is 4.94. The molecule has 20 heavy (non-hydrogen) atoms. The Morgan fingerprint density at radius 2 is 1.95 bits per heavy atom. The van der Waals surface area contributed by atoms with Gasteiger partial charge in [0.1, 0.15) is 0 Å². The Bertz CT molecular complexity index is 490. The number of urea groups is 1. The molecule has 5 heteroatoms. The first-order valence-corrected chi connectivity index (χ1v) is 6.79. The third kappa shape index (κ3) is 3.99. The van der Waals surface area contributed by atoms with Gasteiger partial charge in [0.15, 0.2) is 0 Å². The van der Waals surface area contributed by atoms with Crippen molar-refractivity contribution in [3.63, 3.8) is 0 Å². The van der Waals surface area contributed by atoms with Gasteiger partial charge >= 0.3 is 6.03 Å². The topological polar surface area (TPSA) is 53.6 Å². The maximum atomic E-state index is 11.8. The molecule has 1 aromatic rings. The summed E-state index contributed by atoms with van der Waals surface area (Å²) in [6.07, 6.45) is 1.69. The van der Waals surface area contributed by atoms with Gasteiger partial charge in [-0.15, -0.1) is 0 Å². The predicted molar refractivity (Wildman–Crippen MR) is 81.1 cm³/mol. The van der Waals surface area contributed by atoms with E-state index >= 15 is 0 Å². The molecule has 0 aromatic heterocycles. The minimum Gasteiger partial charge on any atom is -0.378 e. The Morgan fingerprint density at radius 3 is 2.65 bits per heavy atom. The highest BCUT2D eigenvalue weighted by Gasteiger charge is 2.15. The van der Waals surface area contributed by atoms with E-state index in [4.69, 9.17) is 4.74 Å². The average Bonchev–Trinajstić information content (AvgIpc) is 2.47. The molecule has 2 rings (SSSR count). The van der Waals surface area contributed by atoms with Crippen molar-refractivity contribution in [2.45, 2.75) is 13.8 Å². The third-order valence-electron chi connectivity index (χ3n) is 3.00. The molecule has 1 aromatic carbocycles. The quantitative estimate of drug-likeness (QED) is 0.891. The van der Waals surface area contributed by atoms with Crippen LogP contribution in [0.5, 0.6) is 0 Å². The first kappa shape index (κ1) is 14.4. The lowest BCUT2D eigenvalue weighted by molar-refractivity contribution is 0.123. The average molecular weight is 275 g/mol. The first-order chi connectivity index (χ1) is 9.66. The lowest BCUT2D eigenvalue weighted by Gasteiger charge is -2.30. The van der Waals surface area contributed by atoms with Crippen molar-refractivity contribution in [1.82, 2.24) is 5.32 Å². The molecule has 0 saturated carbocycles. The fourth-order valence-corrected chi connectivity index (χ4v) is 2.03. The molecule has 2 amide bonds. The van der Waals surface area contributed by atoms with Crippen molar-refractivity contribution < 1.29 is 9.53 Å².